The lowest BCUT2D eigenvalue weighted by molar-refractivity contribution is -0.134. The van der Waals surface area contributed by atoms with E-state index in [0.717, 1.165) is 0 Å². The number of rotatable bonds is 6. The van der Waals surface area contributed by atoms with E-state index in [-0.39, 0.29) is 35.6 Å². The number of nitrogens with zero attached hydrogens (tertiary/aromatic N) is 5. The molecule has 0 aromatic carbocycles. The van der Waals surface area contributed by atoms with Crippen molar-refractivity contribution in [2.45, 2.75) is 12.8 Å². The SMILES string of the molecule is COCC(=O)N1CC(c2nc(C)no2)C2(C1)CN(C(=O)c1ccc(OC)nc1OC)C2. The Morgan fingerprint density at radius 3 is 2.48 bits per heavy atom. The van der Waals surface area contributed by atoms with Crippen LogP contribution in [0.25, 0.3) is 0 Å². The van der Waals surface area contributed by atoms with Crippen molar-refractivity contribution in [3.8, 4) is 11.8 Å². The lowest BCUT2D eigenvalue weighted by atomic mass is 9.71. The zero-order valence-electron chi connectivity index (χ0n) is 18.0. The summed E-state index contributed by atoms with van der Waals surface area (Å²) in [4.78, 5) is 37.6. The molecule has 2 aromatic rings. The van der Waals surface area contributed by atoms with Gasteiger partial charge in [-0.1, -0.05) is 5.16 Å². The Morgan fingerprint density at radius 1 is 1.13 bits per heavy atom. The minimum atomic E-state index is -0.356. The van der Waals surface area contributed by atoms with Crippen molar-refractivity contribution < 1.29 is 28.3 Å². The molecular weight excluding hydrogens is 406 g/mol. The number of carbonyl (C=O) groups excluding carboxylic acids is 2. The van der Waals surface area contributed by atoms with Crippen molar-refractivity contribution in [2.75, 3.05) is 54.1 Å². The van der Waals surface area contributed by atoms with Gasteiger partial charge < -0.3 is 28.5 Å². The molecule has 1 spiro atoms. The molecular formula is C20H25N5O6. The fourth-order valence-corrected chi connectivity index (χ4v) is 4.37. The normalized spacial score (nSPS) is 19.4. The summed E-state index contributed by atoms with van der Waals surface area (Å²) in [7, 11) is 4.45. The second-order valence-electron chi connectivity index (χ2n) is 7.87. The molecule has 2 saturated heterocycles. The fourth-order valence-electron chi connectivity index (χ4n) is 4.37. The van der Waals surface area contributed by atoms with Crippen LogP contribution in [0.4, 0.5) is 0 Å². The minimum absolute atomic E-state index is 0.00300. The number of aryl methyl sites for hydroxylation is 1. The van der Waals surface area contributed by atoms with Gasteiger partial charge in [-0.15, -0.1) is 0 Å². The Labute approximate surface area is 179 Å². The monoisotopic (exact) mass is 431 g/mol. The van der Waals surface area contributed by atoms with Crippen LogP contribution < -0.4 is 9.47 Å². The Bertz CT molecular complexity index is 986. The van der Waals surface area contributed by atoms with Crippen LogP contribution in [0.3, 0.4) is 0 Å². The number of amides is 2. The van der Waals surface area contributed by atoms with Crippen molar-refractivity contribution >= 4 is 11.8 Å². The highest BCUT2D eigenvalue weighted by molar-refractivity contribution is 5.97. The van der Waals surface area contributed by atoms with E-state index in [9.17, 15) is 9.59 Å². The summed E-state index contributed by atoms with van der Waals surface area (Å²) in [6, 6.07) is 3.26. The molecule has 0 N–H and O–H groups in total. The molecule has 0 bridgehead atoms. The van der Waals surface area contributed by atoms with E-state index in [1.807, 2.05) is 0 Å². The summed E-state index contributed by atoms with van der Waals surface area (Å²) >= 11 is 0. The van der Waals surface area contributed by atoms with Crippen LogP contribution in [0.5, 0.6) is 11.8 Å². The molecule has 166 valence electrons. The zero-order valence-corrected chi connectivity index (χ0v) is 18.0. The molecule has 2 aliphatic heterocycles. The van der Waals surface area contributed by atoms with Gasteiger partial charge in [0.1, 0.15) is 12.2 Å². The van der Waals surface area contributed by atoms with Gasteiger partial charge in [-0.2, -0.15) is 9.97 Å². The maximum atomic E-state index is 13.1. The molecule has 11 heteroatoms. The van der Waals surface area contributed by atoms with Crippen molar-refractivity contribution in [2.24, 2.45) is 5.41 Å². The van der Waals surface area contributed by atoms with Gasteiger partial charge in [-0.05, 0) is 13.0 Å². The van der Waals surface area contributed by atoms with Crippen LogP contribution in [-0.2, 0) is 9.53 Å². The van der Waals surface area contributed by atoms with Gasteiger partial charge >= 0.3 is 0 Å². The van der Waals surface area contributed by atoms with Gasteiger partial charge in [0, 0.05) is 44.8 Å². The Balaban J connectivity index is 1.55. The van der Waals surface area contributed by atoms with Crippen molar-refractivity contribution in [3.63, 3.8) is 0 Å². The average Bonchev–Trinajstić information content (AvgIpc) is 3.35. The maximum Gasteiger partial charge on any atom is 0.259 e. The molecule has 0 saturated carbocycles. The maximum absolute atomic E-state index is 13.1. The van der Waals surface area contributed by atoms with Gasteiger partial charge in [-0.3, -0.25) is 9.59 Å². The smallest absolute Gasteiger partial charge is 0.259 e. The first-order valence-corrected chi connectivity index (χ1v) is 9.86. The van der Waals surface area contributed by atoms with Crippen molar-refractivity contribution in [1.82, 2.24) is 24.9 Å². The first kappa shape index (κ1) is 21.0. The summed E-state index contributed by atoms with van der Waals surface area (Å²) in [6.45, 7) is 3.58. The van der Waals surface area contributed by atoms with Crippen LogP contribution in [0.2, 0.25) is 0 Å². The van der Waals surface area contributed by atoms with Crippen LogP contribution in [0.15, 0.2) is 16.7 Å². The number of hydrogen-bond acceptors (Lipinski definition) is 9. The summed E-state index contributed by atoms with van der Waals surface area (Å²) in [6.07, 6.45) is 0. The summed E-state index contributed by atoms with van der Waals surface area (Å²) in [5.74, 6) is 1.14. The number of methoxy groups -OCH3 is 3. The van der Waals surface area contributed by atoms with Crippen molar-refractivity contribution in [1.29, 1.82) is 0 Å². The zero-order chi connectivity index (χ0) is 22.2. The number of aromatic nitrogens is 3. The fraction of sp³-hybridized carbons (Fsp3) is 0.550. The molecule has 2 aromatic heterocycles. The van der Waals surface area contributed by atoms with Crippen LogP contribution in [0.1, 0.15) is 28.0 Å². The van der Waals surface area contributed by atoms with Crippen LogP contribution >= 0.6 is 0 Å². The van der Waals surface area contributed by atoms with Gasteiger partial charge in [0.15, 0.2) is 5.82 Å². The first-order chi connectivity index (χ1) is 14.9. The van der Waals surface area contributed by atoms with Crippen molar-refractivity contribution in [3.05, 3.63) is 29.4 Å². The van der Waals surface area contributed by atoms with E-state index in [2.05, 4.69) is 15.1 Å². The highest BCUT2D eigenvalue weighted by atomic mass is 16.5. The van der Waals surface area contributed by atoms with Crippen LogP contribution in [-0.4, -0.2) is 90.9 Å². The Morgan fingerprint density at radius 2 is 1.87 bits per heavy atom. The lowest BCUT2D eigenvalue weighted by Crippen LogP contribution is -2.61. The highest BCUT2D eigenvalue weighted by Crippen LogP contribution is 2.49. The standard InChI is InChI=1S/C20H25N5O6/c1-12-21-18(31-23-12)14-7-24(16(26)8-28-2)9-20(14)10-25(11-20)19(27)13-5-6-15(29-3)22-17(13)30-4/h5-6,14H,7-11H2,1-4H3. The molecule has 1 atom stereocenters. The van der Waals surface area contributed by atoms with E-state index in [1.165, 1.54) is 21.3 Å². The summed E-state index contributed by atoms with van der Waals surface area (Å²) in [5, 5.41) is 3.90. The third kappa shape index (κ3) is 3.69. The number of carbonyl (C=O) groups is 2. The molecule has 4 heterocycles. The topological polar surface area (TPSA) is 120 Å². The predicted molar refractivity (Wildman–Crippen MR) is 106 cm³/mol. The third-order valence-corrected chi connectivity index (χ3v) is 5.88. The van der Waals surface area contributed by atoms with E-state index < -0.39 is 0 Å². The van der Waals surface area contributed by atoms with Crippen LogP contribution in [0, 0.1) is 12.3 Å². The van der Waals surface area contributed by atoms with E-state index in [4.69, 9.17) is 18.7 Å². The molecule has 31 heavy (non-hydrogen) atoms. The van der Waals surface area contributed by atoms with E-state index in [0.29, 0.717) is 49.3 Å². The highest BCUT2D eigenvalue weighted by Gasteiger charge is 2.58. The van der Waals surface area contributed by atoms with Gasteiger partial charge in [0.2, 0.25) is 23.6 Å². The number of pyridine rings is 1. The number of hydrogen-bond donors (Lipinski definition) is 0. The number of ether oxygens (including phenoxy) is 3. The third-order valence-electron chi connectivity index (χ3n) is 5.88. The largest absolute Gasteiger partial charge is 0.481 e. The molecule has 11 nitrogen and oxygen atoms in total. The van der Waals surface area contributed by atoms with E-state index in [1.54, 1.807) is 28.9 Å². The summed E-state index contributed by atoms with van der Waals surface area (Å²) in [5.41, 5.74) is -0.000754. The molecule has 4 rings (SSSR count). The van der Waals surface area contributed by atoms with Gasteiger partial charge in [0.25, 0.3) is 5.91 Å². The molecule has 2 amide bonds. The van der Waals surface area contributed by atoms with Gasteiger partial charge in [0.05, 0.1) is 20.1 Å². The molecule has 0 radical (unpaired) electrons. The lowest BCUT2D eigenvalue weighted by Gasteiger charge is -2.50. The Hall–Kier alpha value is -3.21. The molecule has 2 aliphatic rings. The predicted octanol–water partition coefficient (Wildman–Crippen LogP) is 0.505. The average molecular weight is 431 g/mol. The molecule has 2 fully saturated rings. The second kappa shape index (κ2) is 8.14. The van der Waals surface area contributed by atoms with E-state index >= 15 is 0 Å². The molecule has 1 unspecified atom stereocenters. The summed E-state index contributed by atoms with van der Waals surface area (Å²) < 4.78 is 20.8. The second-order valence-corrected chi connectivity index (χ2v) is 7.87. The van der Waals surface area contributed by atoms with Gasteiger partial charge in [-0.25, -0.2) is 0 Å². The quantitative estimate of drug-likeness (QED) is 0.644. The Kier molecular flexibility index (Phi) is 5.52. The number of likely N-dealkylation sites (tertiary alicyclic amines) is 2. The molecule has 0 aliphatic carbocycles. The first-order valence-electron chi connectivity index (χ1n) is 9.86. The minimum Gasteiger partial charge on any atom is -0.481 e.